The van der Waals surface area contributed by atoms with Crippen molar-refractivity contribution in [2.45, 2.75) is 25.7 Å². The molecule has 2 aromatic heterocycles. The zero-order valence-corrected chi connectivity index (χ0v) is 9.76. The van der Waals surface area contributed by atoms with Crippen LogP contribution >= 0.6 is 11.3 Å². The van der Waals surface area contributed by atoms with E-state index in [0.29, 0.717) is 0 Å². The summed E-state index contributed by atoms with van der Waals surface area (Å²) in [6.45, 7) is 0. The Morgan fingerprint density at radius 1 is 1.19 bits per heavy atom. The summed E-state index contributed by atoms with van der Waals surface area (Å²) in [5.74, 6) is 0. The molecule has 0 N–H and O–H groups in total. The lowest BCUT2D eigenvalue weighted by Crippen LogP contribution is -2.03. The first-order valence-corrected chi connectivity index (χ1v) is 6.67. The van der Waals surface area contributed by atoms with Crippen LogP contribution in [0.5, 0.6) is 0 Å². The van der Waals surface area contributed by atoms with Crippen LogP contribution in [-0.4, -0.2) is 9.38 Å². The number of nitrogens with zero attached hydrogens (tertiary/aromatic N) is 2. The van der Waals surface area contributed by atoms with Crippen LogP contribution < -0.4 is 0 Å². The van der Waals surface area contributed by atoms with E-state index in [1.54, 1.807) is 11.3 Å². The maximum Gasteiger partial charge on any atom is 0.194 e. The minimum absolute atomic E-state index is 1.12. The second-order valence-corrected chi connectivity index (χ2v) is 5.32. The topological polar surface area (TPSA) is 17.3 Å². The summed E-state index contributed by atoms with van der Waals surface area (Å²) >= 11 is 1.72. The molecule has 0 saturated heterocycles. The van der Waals surface area contributed by atoms with Crippen molar-refractivity contribution in [2.75, 3.05) is 0 Å². The third kappa shape index (κ3) is 1.04. The van der Waals surface area contributed by atoms with Crippen LogP contribution in [0.25, 0.3) is 16.0 Å². The van der Waals surface area contributed by atoms with E-state index in [1.165, 1.54) is 47.8 Å². The first-order valence-electron chi connectivity index (χ1n) is 5.79. The molecular weight excluding hydrogens is 216 g/mol. The van der Waals surface area contributed by atoms with Gasteiger partial charge in [-0.15, -0.1) is 11.3 Å². The smallest absolute Gasteiger partial charge is 0.194 e. The average Bonchev–Trinajstić information content (AvgIpc) is 2.88. The van der Waals surface area contributed by atoms with Gasteiger partial charge in [0.25, 0.3) is 0 Å². The van der Waals surface area contributed by atoms with Gasteiger partial charge in [0.2, 0.25) is 0 Å². The number of aryl methyl sites for hydroxylation is 2. The Morgan fingerprint density at radius 2 is 2.12 bits per heavy atom. The highest BCUT2D eigenvalue weighted by molar-refractivity contribution is 7.15. The molecule has 0 atom stereocenters. The summed E-state index contributed by atoms with van der Waals surface area (Å²) in [7, 11) is 0. The summed E-state index contributed by atoms with van der Waals surface area (Å²) in [6, 6.07) is 4.52. The Bertz CT molecular complexity index is 678. The van der Waals surface area contributed by atoms with Crippen LogP contribution in [0.3, 0.4) is 0 Å². The number of imidazole rings is 1. The number of benzene rings is 1. The summed E-state index contributed by atoms with van der Waals surface area (Å²) < 4.78 is 2.20. The molecule has 0 unspecified atom stereocenters. The number of hydrogen-bond donors (Lipinski definition) is 0. The standard InChI is InChI=1S/C13H12N2S/c1-2-4-10-9(3-1)5-6-11-12(10)14-13-15(11)7-8-16-13/h5-8H,1-4H2. The minimum Gasteiger partial charge on any atom is -0.290 e. The van der Waals surface area contributed by atoms with E-state index >= 15 is 0 Å². The lowest BCUT2D eigenvalue weighted by Gasteiger charge is -2.15. The molecule has 2 heterocycles. The van der Waals surface area contributed by atoms with Crippen molar-refractivity contribution in [3.8, 4) is 0 Å². The maximum atomic E-state index is 4.77. The molecule has 0 amide bonds. The summed E-state index contributed by atoms with van der Waals surface area (Å²) in [5, 5.41) is 2.10. The Balaban J connectivity index is 2.17. The summed E-state index contributed by atoms with van der Waals surface area (Å²) in [5.41, 5.74) is 5.53. The average molecular weight is 228 g/mol. The van der Waals surface area contributed by atoms with Crippen LogP contribution in [0.4, 0.5) is 0 Å². The van der Waals surface area contributed by atoms with Gasteiger partial charge in [-0.3, -0.25) is 4.40 Å². The molecule has 0 bridgehead atoms. The number of thiazole rings is 1. The lowest BCUT2D eigenvalue weighted by atomic mass is 9.91. The van der Waals surface area contributed by atoms with Crippen molar-refractivity contribution in [1.29, 1.82) is 0 Å². The van der Waals surface area contributed by atoms with E-state index in [-0.39, 0.29) is 0 Å². The van der Waals surface area contributed by atoms with E-state index in [0.717, 1.165) is 4.96 Å². The number of aromatic nitrogens is 2. The van der Waals surface area contributed by atoms with Crippen molar-refractivity contribution >= 4 is 27.3 Å². The fourth-order valence-electron chi connectivity index (χ4n) is 2.75. The highest BCUT2D eigenvalue weighted by atomic mass is 32.1. The predicted octanol–water partition coefficient (Wildman–Crippen LogP) is 3.43. The van der Waals surface area contributed by atoms with Crippen LogP contribution in [0, 0.1) is 0 Å². The van der Waals surface area contributed by atoms with E-state index in [4.69, 9.17) is 4.98 Å². The molecule has 0 aliphatic heterocycles. The van der Waals surface area contributed by atoms with Crippen molar-refractivity contribution in [3.05, 3.63) is 34.8 Å². The molecule has 1 aromatic carbocycles. The Morgan fingerprint density at radius 3 is 3.12 bits per heavy atom. The van der Waals surface area contributed by atoms with Gasteiger partial charge >= 0.3 is 0 Å². The van der Waals surface area contributed by atoms with Crippen molar-refractivity contribution in [1.82, 2.24) is 9.38 Å². The molecule has 3 heteroatoms. The molecule has 2 nitrogen and oxygen atoms in total. The Hall–Kier alpha value is -1.35. The van der Waals surface area contributed by atoms with Gasteiger partial charge in [-0.25, -0.2) is 4.98 Å². The highest BCUT2D eigenvalue weighted by Crippen LogP contribution is 2.30. The van der Waals surface area contributed by atoms with Gasteiger partial charge in [0.15, 0.2) is 4.96 Å². The van der Waals surface area contributed by atoms with Gasteiger partial charge in [0.05, 0.1) is 11.0 Å². The monoisotopic (exact) mass is 228 g/mol. The number of hydrogen-bond acceptors (Lipinski definition) is 2. The van der Waals surface area contributed by atoms with E-state index in [2.05, 4.69) is 28.1 Å². The highest BCUT2D eigenvalue weighted by Gasteiger charge is 2.15. The SMILES string of the molecule is c1cn2c(nc3c4c(ccc32)CCCC4)s1. The fourth-order valence-corrected chi connectivity index (χ4v) is 3.47. The third-order valence-corrected chi connectivity index (χ3v) is 4.29. The molecule has 0 spiro atoms. The van der Waals surface area contributed by atoms with Gasteiger partial charge in [-0.2, -0.15) is 0 Å². The fraction of sp³-hybridized carbons (Fsp3) is 0.308. The quantitative estimate of drug-likeness (QED) is 0.576. The Kier molecular flexibility index (Phi) is 1.68. The third-order valence-electron chi connectivity index (χ3n) is 3.54. The largest absolute Gasteiger partial charge is 0.290 e. The minimum atomic E-state index is 1.12. The molecule has 1 aliphatic rings. The predicted molar refractivity (Wildman–Crippen MR) is 67.2 cm³/mol. The van der Waals surface area contributed by atoms with Crippen molar-refractivity contribution < 1.29 is 0 Å². The van der Waals surface area contributed by atoms with E-state index in [1.807, 2.05) is 0 Å². The molecule has 80 valence electrons. The van der Waals surface area contributed by atoms with E-state index < -0.39 is 0 Å². The van der Waals surface area contributed by atoms with Gasteiger partial charge in [0.1, 0.15) is 0 Å². The van der Waals surface area contributed by atoms with Gasteiger partial charge < -0.3 is 0 Å². The molecule has 0 fully saturated rings. The van der Waals surface area contributed by atoms with Gasteiger partial charge in [-0.05, 0) is 42.9 Å². The first kappa shape index (κ1) is 8.76. The zero-order valence-electron chi connectivity index (χ0n) is 8.94. The lowest BCUT2D eigenvalue weighted by molar-refractivity contribution is 0.689. The summed E-state index contributed by atoms with van der Waals surface area (Å²) in [4.78, 5) is 5.89. The first-order chi connectivity index (χ1) is 7.93. The molecule has 16 heavy (non-hydrogen) atoms. The molecule has 0 radical (unpaired) electrons. The van der Waals surface area contributed by atoms with Gasteiger partial charge in [0, 0.05) is 11.6 Å². The normalized spacial score (nSPS) is 15.8. The van der Waals surface area contributed by atoms with E-state index in [9.17, 15) is 0 Å². The van der Waals surface area contributed by atoms with Gasteiger partial charge in [-0.1, -0.05) is 6.07 Å². The maximum absolute atomic E-state index is 4.77. The molecule has 0 saturated carbocycles. The second-order valence-electron chi connectivity index (χ2n) is 4.45. The van der Waals surface area contributed by atoms with Crippen molar-refractivity contribution in [2.24, 2.45) is 0 Å². The van der Waals surface area contributed by atoms with Crippen LogP contribution in [0.15, 0.2) is 23.7 Å². The molecular formula is C13H12N2S. The molecule has 4 rings (SSSR count). The zero-order chi connectivity index (χ0) is 10.5. The van der Waals surface area contributed by atoms with Crippen LogP contribution in [0.1, 0.15) is 24.0 Å². The molecule has 3 aromatic rings. The van der Waals surface area contributed by atoms with Crippen molar-refractivity contribution in [3.63, 3.8) is 0 Å². The second kappa shape index (κ2) is 3.08. The number of rotatable bonds is 0. The van der Waals surface area contributed by atoms with Crippen LogP contribution in [-0.2, 0) is 12.8 Å². The summed E-state index contributed by atoms with van der Waals surface area (Å²) in [6.07, 6.45) is 7.20. The van der Waals surface area contributed by atoms with Crippen LogP contribution in [0.2, 0.25) is 0 Å². The Labute approximate surface area is 97.5 Å². The number of fused-ring (bicyclic) bond motifs is 5. The molecule has 1 aliphatic carbocycles.